The molecule has 8 nitrogen and oxygen atoms in total. The Kier molecular flexibility index (Phi) is 7.82. The highest BCUT2D eigenvalue weighted by atomic mass is 16.5. The minimum Gasteiger partial charge on any atom is -0.494 e. The van der Waals surface area contributed by atoms with Gasteiger partial charge in [-0.05, 0) is 30.2 Å². The van der Waals surface area contributed by atoms with Crippen LogP contribution >= 0.6 is 0 Å². The molecule has 2 aromatic carbocycles. The molecule has 1 fully saturated rings. The first kappa shape index (κ1) is 23.8. The highest BCUT2D eigenvalue weighted by molar-refractivity contribution is 5.95. The molecule has 1 atom stereocenters. The van der Waals surface area contributed by atoms with Crippen LogP contribution in [-0.4, -0.2) is 68.2 Å². The number of benzene rings is 2. The summed E-state index contributed by atoms with van der Waals surface area (Å²) in [5, 5.41) is 5.73. The largest absolute Gasteiger partial charge is 0.494 e. The standard InChI is InChI=1S/C26H32N4O4/c1-3-34-21-11-9-20(10-12-21)24-23(25(31)33-2)22(27-26(32)28-24)18-30-15-13-29(14-16-30)17-19-7-5-4-6-8-19/h4-12,24H,3,13-18H2,1-2H3,(H2,27,28,32). The number of carbonyl (C=O) groups is 2. The van der Waals surface area contributed by atoms with Gasteiger partial charge in [-0.2, -0.15) is 0 Å². The SMILES string of the molecule is CCOc1ccc(C2NC(=O)NC(CN3CCN(Cc4ccccc4)CC3)=C2C(=O)OC)cc1. The van der Waals surface area contributed by atoms with Crippen molar-refractivity contribution in [2.45, 2.75) is 19.5 Å². The lowest BCUT2D eigenvalue weighted by atomic mass is 9.95. The minimum atomic E-state index is -0.591. The summed E-state index contributed by atoms with van der Waals surface area (Å²) in [6.07, 6.45) is 0. The van der Waals surface area contributed by atoms with Crippen molar-refractivity contribution < 1.29 is 19.1 Å². The van der Waals surface area contributed by atoms with Crippen LogP contribution in [0.5, 0.6) is 5.75 Å². The molecule has 2 amide bonds. The maximum atomic E-state index is 12.8. The van der Waals surface area contributed by atoms with E-state index in [1.54, 1.807) is 0 Å². The Morgan fingerprint density at radius 3 is 2.24 bits per heavy atom. The molecule has 2 N–H and O–H groups in total. The molecule has 180 valence electrons. The zero-order chi connectivity index (χ0) is 23.9. The lowest BCUT2D eigenvalue weighted by Crippen LogP contribution is -2.51. The van der Waals surface area contributed by atoms with E-state index < -0.39 is 12.0 Å². The van der Waals surface area contributed by atoms with Crippen molar-refractivity contribution in [2.24, 2.45) is 0 Å². The third-order valence-corrected chi connectivity index (χ3v) is 6.18. The molecule has 0 bridgehead atoms. The van der Waals surface area contributed by atoms with Gasteiger partial charge in [-0.25, -0.2) is 9.59 Å². The Hall–Kier alpha value is -3.36. The predicted octanol–water partition coefficient (Wildman–Crippen LogP) is 2.68. The van der Waals surface area contributed by atoms with Crippen molar-refractivity contribution in [2.75, 3.05) is 46.4 Å². The first-order chi connectivity index (χ1) is 16.6. The van der Waals surface area contributed by atoms with Gasteiger partial charge in [0, 0.05) is 45.0 Å². The lowest BCUT2D eigenvalue weighted by Gasteiger charge is -2.37. The Morgan fingerprint density at radius 2 is 1.62 bits per heavy atom. The Morgan fingerprint density at radius 1 is 0.971 bits per heavy atom. The van der Waals surface area contributed by atoms with Crippen LogP contribution in [0.4, 0.5) is 4.79 Å². The molecular formula is C26H32N4O4. The summed E-state index contributed by atoms with van der Waals surface area (Å²) >= 11 is 0. The third-order valence-electron chi connectivity index (χ3n) is 6.18. The molecule has 1 unspecified atom stereocenters. The molecule has 4 rings (SSSR count). The molecule has 34 heavy (non-hydrogen) atoms. The number of carbonyl (C=O) groups excluding carboxylic acids is 2. The summed E-state index contributed by atoms with van der Waals surface area (Å²) < 4.78 is 10.6. The monoisotopic (exact) mass is 464 g/mol. The number of hydrogen-bond acceptors (Lipinski definition) is 6. The number of methoxy groups -OCH3 is 1. The number of amides is 2. The number of esters is 1. The van der Waals surface area contributed by atoms with Crippen molar-refractivity contribution in [3.63, 3.8) is 0 Å². The fourth-order valence-corrected chi connectivity index (χ4v) is 4.44. The molecule has 2 aromatic rings. The van der Waals surface area contributed by atoms with Crippen LogP contribution in [0.2, 0.25) is 0 Å². The van der Waals surface area contributed by atoms with Gasteiger partial charge >= 0.3 is 12.0 Å². The van der Waals surface area contributed by atoms with Gasteiger partial charge in [0.1, 0.15) is 5.75 Å². The number of piperazine rings is 1. The first-order valence-corrected chi connectivity index (χ1v) is 11.7. The van der Waals surface area contributed by atoms with Crippen LogP contribution in [0.1, 0.15) is 24.1 Å². The second kappa shape index (κ2) is 11.2. The Labute approximate surface area is 200 Å². The smallest absolute Gasteiger partial charge is 0.338 e. The molecule has 0 aromatic heterocycles. The van der Waals surface area contributed by atoms with Gasteiger partial charge in [0.05, 0.1) is 25.3 Å². The average molecular weight is 465 g/mol. The van der Waals surface area contributed by atoms with Gasteiger partial charge in [-0.15, -0.1) is 0 Å². The minimum absolute atomic E-state index is 0.329. The Bertz CT molecular complexity index is 1010. The highest BCUT2D eigenvalue weighted by Gasteiger charge is 2.34. The lowest BCUT2D eigenvalue weighted by molar-refractivity contribution is -0.136. The van der Waals surface area contributed by atoms with E-state index in [1.165, 1.54) is 12.7 Å². The van der Waals surface area contributed by atoms with E-state index in [-0.39, 0.29) is 6.03 Å². The molecule has 2 aliphatic heterocycles. The van der Waals surface area contributed by atoms with Crippen molar-refractivity contribution >= 4 is 12.0 Å². The number of ether oxygens (including phenoxy) is 2. The van der Waals surface area contributed by atoms with E-state index in [4.69, 9.17) is 9.47 Å². The summed E-state index contributed by atoms with van der Waals surface area (Å²) in [5.74, 6) is 0.285. The second-order valence-electron chi connectivity index (χ2n) is 8.46. The molecule has 2 heterocycles. The third kappa shape index (κ3) is 5.76. The second-order valence-corrected chi connectivity index (χ2v) is 8.46. The van der Waals surface area contributed by atoms with Crippen LogP contribution in [0.25, 0.3) is 0 Å². The summed E-state index contributed by atoms with van der Waals surface area (Å²) in [4.78, 5) is 30.0. The summed E-state index contributed by atoms with van der Waals surface area (Å²) in [6, 6.07) is 16.9. The van der Waals surface area contributed by atoms with Gasteiger partial charge in [0.25, 0.3) is 0 Å². The normalized spacial score (nSPS) is 19.4. The van der Waals surface area contributed by atoms with E-state index in [1.807, 2.05) is 37.3 Å². The molecule has 2 aliphatic rings. The van der Waals surface area contributed by atoms with Crippen LogP contribution in [0.3, 0.4) is 0 Å². The highest BCUT2D eigenvalue weighted by Crippen LogP contribution is 2.29. The summed E-state index contributed by atoms with van der Waals surface area (Å²) in [6.45, 7) is 7.43. The van der Waals surface area contributed by atoms with Crippen LogP contribution in [0, 0.1) is 0 Å². The molecular weight excluding hydrogens is 432 g/mol. The quantitative estimate of drug-likeness (QED) is 0.585. The van der Waals surface area contributed by atoms with Gasteiger partial charge in [-0.3, -0.25) is 9.80 Å². The maximum Gasteiger partial charge on any atom is 0.338 e. The number of urea groups is 1. The van der Waals surface area contributed by atoms with Crippen molar-refractivity contribution in [3.8, 4) is 5.75 Å². The van der Waals surface area contributed by atoms with Crippen LogP contribution < -0.4 is 15.4 Å². The molecule has 8 heteroatoms. The first-order valence-electron chi connectivity index (χ1n) is 11.7. The van der Waals surface area contributed by atoms with Crippen LogP contribution in [-0.2, 0) is 16.1 Å². The van der Waals surface area contributed by atoms with Gasteiger partial charge in [-0.1, -0.05) is 42.5 Å². The van der Waals surface area contributed by atoms with Crippen LogP contribution in [0.15, 0.2) is 65.9 Å². The number of nitrogens with one attached hydrogen (secondary N) is 2. The number of rotatable bonds is 8. The molecule has 0 aliphatic carbocycles. The molecule has 0 spiro atoms. The number of hydrogen-bond donors (Lipinski definition) is 2. The van der Waals surface area contributed by atoms with Gasteiger partial charge in [0.15, 0.2) is 0 Å². The van der Waals surface area contributed by atoms with Crippen molar-refractivity contribution in [1.29, 1.82) is 0 Å². The van der Waals surface area contributed by atoms with Gasteiger partial charge < -0.3 is 20.1 Å². The summed E-state index contributed by atoms with van der Waals surface area (Å²) in [7, 11) is 1.36. The zero-order valence-corrected chi connectivity index (χ0v) is 19.8. The molecule has 0 saturated carbocycles. The van der Waals surface area contributed by atoms with E-state index in [9.17, 15) is 9.59 Å². The van der Waals surface area contributed by atoms with Crippen molar-refractivity contribution in [3.05, 3.63) is 77.0 Å². The Balaban J connectivity index is 1.49. The van der Waals surface area contributed by atoms with E-state index in [2.05, 4.69) is 44.7 Å². The molecule has 1 saturated heterocycles. The number of nitrogens with zero attached hydrogens (tertiary/aromatic N) is 2. The molecule has 0 radical (unpaired) electrons. The topological polar surface area (TPSA) is 83.1 Å². The van der Waals surface area contributed by atoms with Gasteiger partial charge in [0.2, 0.25) is 0 Å². The fraction of sp³-hybridized carbons (Fsp3) is 0.385. The average Bonchev–Trinajstić information content (AvgIpc) is 2.86. The summed E-state index contributed by atoms with van der Waals surface area (Å²) in [5.41, 5.74) is 3.11. The van der Waals surface area contributed by atoms with E-state index in [0.29, 0.717) is 24.4 Å². The fourth-order valence-electron chi connectivity index (χ4n) is 4.44. The van der Waals surface area contributed by atoms with Crippen molar-refractivity contribution in [1.82, 2.24) is 20.4 Å². The predicted molar refractivity (Wildman–Crippen MR) is 129 cm³/mol. The van der Waals surface area contributed by atoms with E-state index in [0.717, 1.165) is 44.0 Å². The van der Waals surface area contributed by atoms with E-state index >= 15 is 0 Å². The maximum absolute atomic E-state index is 12.8. The zero-order valence-electron chi connectivity index (χ0n) is 19.8.